The van der Waals surface area contributed by atoms with Gasteiger partial charge in [0.05, 0.1) is 11.8 Å². The Balaban J connectivity index is 1.56. The molecule has 162 valence electrons. The van der Waals surface area contributed by atoms with E-state index in [1.807, 2.05) is 42.9 Å². The first-order valence-corrected chi connectivity index (χ1v) is 10.5. The number of H-pyrrole nitrogens is 1. The molecule has 3 N–H and O–H groups in total. The van der Waals surface area contributed by atoms with Gasteiger partial charge in [0.25, 0.3) is 0 Å². The van der Waals surface area contributed by atoms with Crippen LogP contribution < -0.4 is 10.6 Å². The molecule has 0 aliphatic heterocycles. The van der Waals surface area contributed by atoms with E-state index in [9.17, 15) is 4.79 Å². The summed E-state index contributed by atoms with van der Waals surface area (Å²) in [6.07, 6.45) is 2.33. The third-order valence-electron chi connectivity index (χ3n) is 5.27. The maximum absolute atomic E-state index is 11.9. The van der Waals surface area contributed by atoms with E-state index in [1.54, 1.807) is 6.33 Å². The van der Waals surface area contributed by atoms with Crippen molar-refractivity contribution in [1.29, 1.82) is 0 Å². The van der Waals surface area contributed by atoms with Crippen molar-refractivity contribution in [1.82, 2.24) is 24.8 Å². The Morgan fingerprint density at radius 3 is 2.90 bits per heavy atom. The van der Waals surface area contributed by atoms with Gasteiger partial charge < -0.3 is 24.9 Å². The number of aryl methyl sites for hydroxylation is 1. The molecule has 3 heterocycles. The first-order chi connectivity index (χ1) is 15.0. The number of rotatable bonds is 7. The van der Waals surface area contributed by atoms with Crippen molar-refractivity contribution in [2.75, 3.05) is 18.9 Å². The summed E-state index contributed by atoms with van der Waals surface area (Å²) in [5.74, 6) is 1.28. The Hall–Kier alpha value is -3.55. The molecule has 31 heavy (non-hydrogen) atoms. The minimum atomic E-state index is -0.390. The zero-order valence-electron chi connectivity index (χ0n) is 18.3. The van der Waals surface area contributed by atoms with E-state index in [0.29, 0.717) is 12.5 Å². The molecule has 0 fully saturated rings. The van der Waals surface area contributed by atoms with Crippen molar-refractivity contribution >= 4 is 34.0 Å². The van der Waals surface area contributed by atoms with Crippen LogP contribution in [0.3, 0.4) is 0 Å². The highest BCUT2D eigenvalue weighted by Gasteiger charge is 2.15. The minimum Gasteiger partial charge on any atom is -0.445 e. The second kappa shape index (κ2) is 8.67. The number of hydrogen-bond donors (Lipinski definition) is 3. The van der Waals surface area contributed by atoms with E-state index in [2.05, 4.69) is 45.5 Å². The van der Waals surface area contributed by atoms with Gasteiger partial charge in [-0.15, -0.1) is 0 Å². The number of carbonyl (C=O) groups excluding carboxylic acids is 1. The summed E-state index contributed by atoms with van der Waals surface area (Å²) in [6.45, 7) is 5.08. The molecule has 0 aliphatic rings. The van der Waals surface area contributed by atoms with Gasteiger partial charge in [-0.2, -0.15) is 0 Å². The number of carbonyl (C=O) groups is 1. The Labute approximate surface area is 181 Å². The summed E-state index contributed by atoms with van der Waals surface area (Å²) in [6, 6.07) is 10.0. The molecule has 0 aliphatic carbocycles. The molecule has 4 aromatic rings. The summed E-state index contributed by atoms with van der Waals surface area (Å²) in [4.78, 5) is 24.5. The number of imidazole rings is 1. The van der Waals surface area contributed by atoms with Gasteiger partial charge in [0.1, 0.15) is 17.8 Å². The molecule has 1 amide bonds. The fourth-order valence-electron chi connectivity index (χ4n) is 3.62. The molecular weight excluding hydrogens is 392 g/mol. The maximum Gasteiger partial charge on any atom is 0.407 e. The second-order valence-corrected chi connectivity index (χ2v) is 8.09. The molecule has 0 bridgehead atoms. The lowest BCUT2D eigenvalue weighted by atomic mass is 10.1. The monoisotopic (exact) mass is 420 g/mol. The number of alkyl carbamates (subject to hydrolysis) is 1. The fraction of sp³-hybridized carbons (Fsp3) is 0.348. The van der Waals surface area contributed by atoms with E-state index in [0.717, 1.165) is 51.1 Å². The number of benzene rings is 1. The molecule has 8 heteroatoms. The van der Waals surface area contributed by atoms with Crippen LogP contribution >= 0.6 is 0 Å². The normalized spacial score (nSPS) is 11.4. The van der Waals surface area contributed by atoms with Crippen LogP contribution in [0.4, 0.5) is 10.6 Å². The Bertz CT molecular complexity index is 1220. The van der Waals surface area contributed by atoms with Gasteiger partial charge in [0.2, 0.25) is 0 Å². The van der Waals surface area contributed by atoms with Gasteiger partial charge in [0.15, 0.2) is 5.82 Å². The number of fused-ring (bicyclic) bond motifs is 3. The smallest absolute Gasteiger partial charge is 0.407 e. The van der Waals surface area contributed by atoms with Gasteiger partial charge in [-0.1, -0.05) is 32.0 Å². The zero-order valence-corrected chi connectivity index (χ0v) is 18.3. The zero-order chi connectivity index (χ0) is 22.0. The van der Waals surface area contributed by atoms with Gasteiger partial charge in [-0.25, -0.2) is 14.8 Å². The number of nitrogens with one attached hydrogen (secondary N) is 3. The van der Waals surface area contributed by atoms with Crippen LogP contribution in [0.1, 0.15) is 25.8 Å². The fourth-order valence-corrected chi connectivity index (χ4v) is 3.62. The van der Waals surface area contributed by atoms with Crippen molar-refractivity contribution in [2.24, 2.45) is 13.0 Å². The molecule has 3 aromatic heterocycles. The summed E-state index contributed by atoms with van der Waals surface area (Å²) in [7, 11) is 3.82. The number of anilines is 1. The summed E-state index contributed by atoms with van der Waals surface area (Å²) in [5, 5.41) is 6.92. The average molecular weight is 421 g/mol. The predicted octanol–water partition coefficient (Wildman–Crippen LogP) is 4.43. The molecule has 0 saturated heterocycles. The molecule has 0 saturated carbocycles. The highest BCUT2D eigenvalue weighted by atomic mass is 16.5. The highest BCUT2D eigenvalue weighted by Crippen LogP contribution is 2.31. The quantitative estimate of drug-likeness (QED) is 0.411. The van der Waals surface area contributed by atoms with Crippen LogP contribution in [0.25, 0.3) is 33.3 Å². The summed E-state index contributed by atoms with van der Waals surface area (Å²) < 4.78 is 7.36. The topological polar surface area (TPSA) is 96.9 Å². The minimum absolute atomic E-state index is 0.218. The largest absolute Gasteiger partial charge is 0.445 e. The third kappa shape index (κ3) is 4.33. The molecule has 4 rings (SSSR count). The van der Waals surface area contributed by atoms with Gasteiger partial charge in [0, 0.05) is 31.7 Å². The number of nitrogens with zero attached hydrogens (tertiary/aromatic N) is 3. The highest BCUT2D eigenvalue weighted by molar-refractivity contribution is 6.07. The number of pyridine rings is 1. The molecule has 1 aromatic carbocycles. The van der Waals surface area contributed by atoms with Crippen molar-refractivity contribution in [3.63, 3.8) is 0 Å². The van der Waals surface area contributed by atoms with Crippen LogP contribution in [-0.2, 0) is 18.4 Å². The lowest BCUT2D eigenvalue weighted by Gasteiger charge is -2.09. The lowest BCUT2D eigenvalue weighted by Crippen LogP contribution is -2.25. The van der Waals surface area contributed by atoms with E-state index < -0.39 is 0 Å². The van der Waals surface area contributed by atoms with Crippen molar-refractivity contribution < 1.29 is 9.53 Å². The second-order valence-electron chi connectivity index (χ2n) is 8.09. The standard InChI is InChI=1S/C23H28N6O2/c1-14(2)8-9-25-23(30)31-12-15-6-5-7-16(10-15)18-11-17-20-19(26-13-29(20)4)22(24-3)28-21(17)27-18/h5-7,10-11,13-14H,8-9,12H2,1-4H3,(H,25,30)(H2,24,27,28). The van der Waals surface area contributed by atoms with Crippen molar-refractivity contribution in [2.45, 2.75) is 26.9 Å². The van der Waals surface area contributed by atoms with Gasteiger partial charge in [-0.05, 0) is 35.6 Å². The van der Waals surface area contributed by atoms with E-state index >= 15 is 0 Å². The Kier molecular flexibility index (Phi) is 5.79. The average Bonchev–Trinajstić information content (AvgIpc) is 3.35. The Morgan fingerprint density at radius 1 is 1.29 bits per heavy atom. The third-order valence-corrected chi connectivity index (χ3v) is 5.27. The number of hydrogen-bond acceptors (Lipinski definition) is 5. The predicted molar refractivity (Wildman–Crippen MR) is 123 cm³/mol. The maximum atomic E-state index is 11.9. The van der Waals surface area contributed by atoms with Crippen LogP contribution in [0.15, 0.2) is 36.7 Å². The first kappa shape index (κ1) is 20.7. The van der Waals surface area contributed by atoms with E-state index in [-0.39, 0.29) is 12.7 Å². The number of aromatic nitrogens is 4. The van der Waals surface area contributed by atoms with Crippen LogP contribution in [0, 0.1) is 5.92 Å². The molecule has 0 spiro atoms. The molecule has 8 nitrogen and oxygen atoms in total. The molecule has 0 radical (unpaired) electrons. The van der Waals surface area contributed by atoms with Gasteiger partial charge in [-0.3, -0.25) is 0 Å². The van der Waals surface area contributed by atoms with Gasteiger partial charge >= 0.3 is 6.09 Å². The van der Waals surface area contributed by atoms with Crippen LogP contribution in [0.5, 0.6) is 0 Å². The SMILES string of the molecule is CNc1nc2[nH]c(-c3cccc(COC(=O)NCCC(C)C)c3)cc2c2c1ncn2C. The van der Waals surface area contributed by atoms with E-state index in [1.165, 1.54) is 0 Å². The van der Waals surface area contributed by atoms with Crippen molar-refractivity contribution in [3.8, 4) is 11.3 Å². The van der Waals surface area contributed by atoms with E-state index in [4.69, 9.17) is 4.74 Å². The number of aromatic amines is 1. The van der Waals surface area contributed by atoms with Crippen molar-refractivity contribution in [3.05, 3.63) is 42.2 Å². The van der Waals surface area contributed by atoms with Crippen LogP contribution in [-0.4, -0.2) is 39.2 Å². The first-order valence-electron chi connectivity index (χ1n) is 10.5. The summed E-state index contributed by atoms with van der Waals surface area (Å²) in [5.41, 5.74) is 5.52. The van der Waals surface area contributed by atoms with Crippen LogP contribution in [0.2, 0.25) is 0 Å². The summed E-state index contributed by atoms with van der Waals surface area (Å²) >= 11 is 0. The number of ether oxygens (including phenoxy) is 1. The molecular formula is C23H28N6O2. The molecule has 0 atom stereocenters. The number of amides is 1. The Morgan fingerprint density at radius 2 is 2.13 bits per heavy atom. The lowest BCUT2D eigenvalue weighted by molar-refractivity contribution is 0.139. The molecule has 0 unspecified atom stereocenters.